The molecule has 1 aromatic carbocycles. The van der Waals surface area contributed by atoms with Gasteiger partial charge < -0.3 is 10.5 Å². The van der Waals surface area contributed by atoms with E-state index in [1.165, 1.54) is 30.5 Å². The van der Waals surface area contributed by atoms with E-state index >= 15 is 0 Å². The van der Waals surface area contributed by atoms with Crippen LogP contribution < -0.4 is 5.73 Å². The molecule has 0 heterocycles. The molecule has 1 saturated carbocycles. The number of ether oxygens (including phenoxy) is 1. The summed E-state index contributed by atoms with van der Waals surface area (Å²) in [4.78, 5) is 0. The first-order chi connectivity index (χ1) is 8.78. The van der Waals surface area contributed by atoms with Crippen molar-refractivity contribution in [2.45, 2.75) is 32.3 Å². The van der Waals surface area contributed by atoms with Crippen LogP contribution in [-0.2, 0) is 11.3 Å². The molecule has 0 saturated heterocycles. The minimum absolute atomic E-state index is 0.211. The molecule has 18 heavy (non-hydrogen) atoms. The summed E-state index contributed by atoms with van der Waals surface area (Å²) >= 11 is 0. The fraction of sp³-hybridized carbons (Fsp3) is 0.467. The number of allylic oxidation sites excluding steroid dienone is 1. The fourth-order valence-electron chi connectivity index (χ4n) is 2.24. The lowest BCUT2D eigenvalue weighted by molar-refractivity contribution is 0.228. The Balaban J connectivity index is 1.76. The van der Waals surface area contributed by atoms with Crippen LogP contribution in [0.3, 0.4) is 0 Å². The van der Waals surface area contributed by atoms with E-state index in [4.69, 9.17) is 10.5 Å². The molecule has 1 aliphatic rings. The van der Waals surface area contributed by atoms with Crippen LogP contribution >= 0.6 is 0 Å². The third-order valence-corrected chi connectivity index (χ3v) is 3.49. The molecule has 0 bridgehead atoms. The highest BCUT2D eigenvalue weighted by atomic mass is 19.1. The molecule has 2 N–H and O–H groups in total. The van der Waals surface area contributed by atoms with Crippen molar-refractivity contribution in [3.05, 3.63) is 47.5 Å². The highest BCUT2D eigenvalue weighted by molar-refractivity contribution is 5.15. The molecular formula is C15H20FNO. The summed E-state index contributed by atoms with van der Waals surface area (Å²) in [5, 5.41) is 0. The molecule has 0 radical (unpaired) electrons. The summed E-state index contributed by atoms with van der Waals surface area (Å²) in [6.07, 6.45) is 6.39. The largest absolute Gasteiger partial charge is 0.497 e. The van der Waals surface area contributed by atoms with Gasteiger partial charge in [-0.05, 0) is 61.4 Å². The van der Waals surface area contributed by atoms with Crippen molar-refractivity contribution >= 4 is 0 Å². The van der Waals surface area contributed by atoms with E-state index in [0.29, 0.717) is 12.5 Å². The summed E-state index contributed by atoms with van der Waals surface area (Å²) < 4.78 is 18.3. The fourth-order valence-corrected chi connectivity index (χ4v) is 2.24. The van der Waals surface area contributed by atoms with Crippen LogP contribution in [0.5, 0.6) is 0 Å². The molecule has 0 aliphatic heterocycles. The first kappa shape index (κ1) is 13.1. The monoisotopic (exact) mass is 249 g/mol. The minimum atomic E-state index is -0.211. The van der Waals surface area contributed by atoms with Crippen LogP contribution in [0.4, 0.5) is 4.39 Å². The maximum absolute atomic E-state index is 12.7. The molecule has 1 fully saturated rings. The third kappa shape index (κ3) is 3.84. The van der Waals surface area contributed by atoms with Crippen molar-refractivity contribution in [1.82, 2.24) is 0 Å². The van der Waals surface area contributed by atoms with Gasteiger partial charge in [-0.25, -0.2) is 4.39 Å². The first-order valence-electron chi connectivity index (χ1n) is 6.52. The van der Waals surface area contributed by atoms with Gasteiger partial charge in [0.05, 0.1) is 6.26 Å². The van der Waals surface area contributed by atoms with Crippen LogP contribution in [0.25, 0.3) is 0 Å². The maximum Gasteiger partial charge on any atom is 0.123 e. The molecule has 2 nitrogen and oxygen atoms in total. The molecule has 1 aromatic rings. The summed E-state index contributed by atoms with van der Waals surface area (Å²) in [7, 11) is 0. The molecule has 2 rings (SSSR count). The quantitative estimate of drug-likeness (QED) is 0.830. The van der Waals surface area contributed by atoms with Crippen LogP contribution in [0.2, 0.25) is 0 Å². The lowest BCUT2D eigenvalue weighted by Gasteiger charge is -2.22. The number of benzene rings is 1. The van der Waals surface area contributed by atoms with E-state index in [2.05, 4.69) is 0 Å². The van der Waals surface area contributed by atoms with Crippen LogP contribution in [0.15, 0.2) is 36.1 Å². The number of nitrogens with two attached hydrogens (primary N) is 1. The lowest BCUT2D eigenvalue weighted by atomic mass is 9.86. The molecule has 3 heteroatoms. The van der Waals surface area contributed by atoms with Gasteiger partial charge in [0.25, 0.3) is 0 Å². The topological polar surface area (TPSA) is 35.2 Å². The molecule has 0 aromatic heterocycles. The van der Waals surface area contributed by atoms with E-state index in [0.717, 1.165) is 24.9 Å². The Morgan fingerprint density at radius 1 is 1.22 bits per heavy atom. The van der Waals surface area contributed by atoms with Crippen molar-refractivity contribution in [2.75, 3.05) is 6.54 Å². The minimum Gasteiger partial charge on any atom is -0.497 e. The van der Waals surface area contributed by atoms with Gasteiger partial charge in [-0.1, -0.05) is 12.1 Å². The average molecular weight is 249 g/mol. The summed E-state index contributed by atoms with van der Waals surface area (Å²) in [6, 6.07) is 6.41. The van der Waals surface area contributed by atoms with Crippen LogP contribution in [0, 0.1) is 11.7 Å². The standard InChI is InChI=1S/C15H20FNO/c16-15-7-5-14(6-8-15)11-18-10-13-3-1-12(9-17)2-4-13/h5-8,10,12H,1-4,9,11,17H2. The van der Waals surface area contributed by atoms with Gasteiger partial charge in [0.15, 0.2) is 0 Å². The summed E-state index contributed by atoms with van der Waals surface area (Å²) in [5.41, 5.74) is 8.01. The Kier molecular flexibility index (Phi) is 4.76. The molecule has 0 unspecified atom stereocenters. The highest BCUT2D eigenvalue weighted by Crippen LogP contribution is 2.27. The van der Waals surface area contributed by atoms with E-state index in [-0.39, 0.29) is 5.82 Å². The van der Waals surface area contributed by atoms with Gasteiger partial charge in [0.1, 0.15) is 12.4 Å². The Morgan fingerprint density at radius 3 is 2.50 bits per heavy atom. The smallest absolute Gasteiger partial charge is 0.123 e. The van der Waals surface area contributed by atoms with Gasteiger partial charge >= 0.3 is 0 Å². The lowest BCUT2D eigenvalue weighted by Crippen LogP contribution is -2.18. The second-order valence-corrected chi connectivity index (χ2v) is 4.89. The average Bonchev–Trinajstić information content (AvgIpc) is 2.42. The molecular weight excluding hydrogens is 229 g/mol. The van der Waals surface area contributed by atoms with Gasteiger partial charge in [-0.15, -0.1) is 0 Å². The zero-order chi connectivity index (χ0) is 12.8. The Bertz CT molecular complexity index is 389. The zero-order valence-electron chi connectivity index (χ0n) is 10.6. The van der Waals surface area contributed by atoms with Crippen molar-refractivity contribution in [3.8, 4) is 0 Å². The Hall–Kier alpha value is -1.35. The van der Waals surface area contributed by atoms with E-state index in [9.17, 15) is 4.39 Å². The van der Waals surface area contributed by atoms with Gasteiger partial charge in [-0.2, -0.15) is 0 Å². The summed E-state index contributed by atoms with van der Waals surface area (Å²) in [5.74, 6) is 0.469. The van der Waals surface area contributed by atoms with Crippen LogP contribution in [0.1, 0.15) is 31.2 Å². The highest BCUT2D eigenvalue weighted by Gasteiger charge is 2.14. The molecule has 0 amide bonds. The second kappa shape index (κ2) is 6.55. The van der Waals surface area contributed by atoms with E-state index < -0.39 is 0 Å². The zero-order valence-corrected chi connectivity index (χ0v) is 10.6. The van der Waals surface area contributed by atoms with Crippen molar-refractivity contribution in [1.29, 1.82) is 0 Å². The van der Waals surface area contributed by atoms with Gasteiger partial charge in [0.2, 0.25) is 0 Å². The number of halogens is 1. The predicted molar refractivity (Wildman–Crippen MR) is 70.3 cm³/mol. The van der Waals surface area contributed by atoms with Gasteiger partial charge in [-0.3, -0.25) is 0 Å². The van der Waals surface area contributed by atoms with Crippen LogP contribution in [-0.4, -0.2) is 6.54 Å². The van der Waals surface area contributed by atoms with Gasteiger partial charge in [0, 0.05) is 0 Å². The van der Waals surface area contributed by atoms with Crippen molar-refractivity contribution < 1.29 is 9.13 Å². The number of hydrogen-bond acceptors (Lipinski definition) is 2. The molecule has 1 aliphatic carbocycles. The third-order valence-electron chi connectivity index (χ3n) is 3.49. The normalized spacial score (nSPS) is 19.7. The number of hydrogen-bond donors (Lipinski definition) is 1. The molecule has 98 valence electrons. The van der Waals surface area contributed by atoms with Crippen molar-refractivity contribution in [2.24, 2.45) is 11.7 Å². The van der Waals surface area contributed by atoms with E-state index in [1.807, 2.05) is 6.26 Å². The van der Waals surface area contributed by atoms with Crippen molar-refractivity contribution in [3.63, 3.8) is 0 Å². The molecule has 0 spiro atoms. The second-order valence-electron chi connectivity index (χ2n) is 4.89. The Morgan fingerprint density at radius 2 is 1.89 bits per heavy atom. The SMILES string of the molecule is NCC1CCC(=COCc2ccc(F)cc2)CC1. The predicted octanol–water partition coefficient (Wildman–Crippen LogP) is 3.38. The first-order valence-corrected chi connectivity index (χ1v) is 6.52. The maximum atomic E-state index is 12.7. The summed E-state index contributed by atoms with van der Waals surface area (Å²) in [6.45, 7) is 1.30. The van der Waals surface area contributed by atoms with E-state index in [1.54, 1.807) is 12.1 Å². The Labute approximate surface area is 108 Å². The molecule has 0 atom stereocenters. The number of rotatable bonds is 4.